The number of benzene rings is 10. The van der Waals surface area contributed by atoms with E-state index in [9.17, 15) is 57.9 Å². The van der Waals surface area contributed by atoms with Crippen LogP contribution in [0.4, 0.5) is 79.0 Å². The molecule has 0 unspecified atom stereocenters. The first-order valence-corrected chi connectivity index (χ1v) is 27.8. The molecule has 10 aromatic carbocycles. The van der Waals surface area contributed by atoms with Gasteiger partial charge in [-0.2, -0.15) is 84.3 Å². The van der Waals surface area contributed by atoms with Crippen LogP contribution in [-0.2, 0) is 37.1 Å². The van der Waals surface area contributed by atoms with Crippen molar-refractivity contribution in [3.05, 3.63) is 237 Å². The number of rotatable bonds is 7. The third kappa shape index (κ3) is 10.9. The second-order valence-electron chi connectivity index (χ2n) is 22.5. The van der Waals surface area contributed by atoms with Gasteiger partial charge in [0.25, 0.3) is 0 Å². The van der Waals surface area contributed by atoms with Crippen molar-refractivity contribution in [2.24, 2.45) is 0 Å². The van der Waals surface area contributed by atoms with Crippen LogP contribution < -0.4 is 0 Å². The van der Waals surface area contributed by atoms with Crippen molar-refractivity contribution in [3.63, 3.8) is 0 Å². The second-order valence-corrected chi connectivity index (χ2v) is 22.5. The van der Waals surface area contributed by atoms with Crippen LogP contribution in [0.5, 0.6) is 0 Å². The molecule has 12 rings (SSSR count). The molecule has 2 aromatic heterocycles. The fraction of sp³-hybridized carbons (Fsp3) is 0.141. The van der Waals surface area contributed by atoms with Gasteiger partial charge in [-0.25, -0.2) is 0 Å². The molecule has 3 nitrogen and oxygen atoms in total. The second kappa shape index (κ2) is 21.6. The lowest BCUT2D eigenvalue weighted by atomic mass is 9.90. The predicted molar refractivity (Wildman–Crippen MR) is 316 cm³/mol. The zero-order valence-electron chi connectivity index (χ0n) is 47.9. The Morgan fingerprint density at radius 2 is 0.641 bits per heavy atom. The van der Waals surface area contributed by atoms with Gasteiger partial charge in [0.15, 0.2) is 0 Å². The van der Waals surface area contributed by atoms with Crippen molar-refractivity contribution in [1.29, 1.82) is 5.26 Å². The minimum Gasteiger partial charge on any atom is -0.309 e. The van der Waals surface area contributed by atoms with E-state index in [1.54, 1.807) is 24.3 Å². The Balaban J connectivity index is 1.22. The number of hydrogen-bond donors (Lipinski definition) is 0. The summed E-state index contributed by atoms with van der Waals surface area (Å²) in [6.45, 7) is 7.59. The summed E-state index contributed by atoms with van der Waals surface area (Å²) in [5.74, 6) is 0. The summed E-state index contributed by atoms with van der Waals surface area (Å²) in [4.78, 5) is 0. The standard InChI is InChI=1S/C71H41F18N3/c1-35-8-16-46(37(3)24-35)39-10-20-61-50(26-39)51-27-40(47-17-9-36(2)25-38(47)4)11-21-62(51)92(61)64-30-43(34-90)63(33-54(64)65-55(68(78,79)80)6-5-7-56(65)69(81,82)83)91-59-22-12-41(48-18-14-44(66(72,73)74)31-57(48)70(84,85)86)28-52(59)53-29-42(13-23-60(53)91)49-19-15-45(67(75,76)77)32-58(49)71(87,88)89/h5-33H,1-4H3. The molecule has 0 aliphatic rings. The summed E-state index contributed by atoms with van der Waals surface area (Å²) in [5.41, 5.74) is -10.2. The van der Waals surface area contributed by atoms with E-state index in [4.69, 9.17) is 0 Å². The molecule has 0 aliphatic carbocycles. The van der Waals surface area contributed by atoms with Crippen LogP contribution >= 0.6 is 0 Å². The van der Waals surface area contributed by atoms with Crippen LogP contribution in [0.3, 0.4) is 0 Å². The lowest BCUT2D eigenvalue weighted by molar-refractivity contribution is -0.144. The summed E-state index contributed by atoms with van der Waals surface area (Å²) in [7, 11) is 0. The van der Waals surface area contributed by atoms with Crippen molar-refractivity contribution in [1.82, 2.24) is 9.13 Å². The average molecular weight is 1280 g/mol. The number of alkyl halides is 18. The van der Waals surface area contributed by atoms with Gasteiger partial charge in [0.1, 0.15) is 6.07 Å². The van der Waals surface area contributed by atoms with Crippen molar-refractivity contribution in [2.45, 2.75) is 64.8 Å². The first-order chi connectivity index (χ1) is 43.0. The Morgan fingerprint density at radius 1 is 0.304 bits per heavy atom. The largest absolute Gasteiger partial charge is 0.417 e. The molecule has 0 N–H and O–H groups in total. The van der Waals surface area contributed by atoms with E-state index in [1.807, 2.05) is 82.3 Å². The lowest BCUT2D eigenvalue weighted by Crippen LogP contribution is -2.15. The molecule has 0 fully saturated rings. The van der Waals surface area contributed by atoms with Gasteiger partial charge >= 0.3 is 37.1 Å². The number of aromatic nitrogens is 2. The van der Waals surface area contributed by atoms with Crippen LogP contribution in [-0.4, -0.2) is 9.13 Å². The summed E-state index contributed by atoms with van der Waals surface area (Å²) in [6.07, 6.45) is -32.6. The molecular weight excluding hydrogens is 1240 g/mol. The van der Waals surface area contributed by atoms with Gasteiger partial charge in [0, 0.05) is 32.7 Å². The van der Waals surface area contributed by atoms with E-state index in [0.29, 0.717) is 64.4 Å². The highest BCUT2D eigenvalue weighted by molar-refractivity contribution is 6.14. The molecule has 0 bridgehead atoms. The maximum atomic E-state index is 15.8. The summed E-state index contributed by atoms with van der Waals surface area (Å²) < 4.78 is 270. The van der Waals surface area contributed by atoms with Gasteiger partial charge in [-0.15, -0.1) is 0 Å². The topological polar surface area (TPSA) is 33.6 Å². The smallest absolute Gasteiger partial charge is 0.309 e. The van der Waals surface area contributed by atoms with Crippen LogP contribution in [0, 0.1) is 39.0 Å². The van der Waals surface area contributed by atoms with Gasteiger partial charge in [0.05, 0.1) is 72.4 Å². The van der Waals surface area contributed by atoms with Crippen molar-refractivity contribution in [2.75, 3.05) is 0 Å². The molecule has 92 heavy (non-hydrogen) atoms. The monoisotopic (exact) mass is 1280 g/mol. The zero-order chi connectivity index (χ0) is 66.3. The molecule has 466 valence electrons. The minimum absolute atomic E-state index is 0.147. The van der Waals surface area contributed by atoms with E-state index in [-0.39, 0.29) is 45.0 Å². The predicted octanol–water partition coefficient (Wildman–Crippen LogP) is 23.4. The summed E-state index contributed by atoms with van der Waals surface area (Å²) in [5, 5.41) is 11.8. The fourth-order valence-corrected chi connectivity index (χ4v) is 12.5. The number of aryl methyl sites for hydroxylation is 4. The average Bonchev–Trinajstić information content (AvgIpc) is 1.51. The van der Waals surface area contributed by atoms with Gasteiger partial charge in [-0.05, 0) is 180 Å². The first-order valence-electron chi connectivity index (χ1n) is 27.8. The molecule has 0 amide bonds. The van der Waals surface area contributed by atoms with Gasteiger partial charge in [-0.1, -0.05) is 90.0 Å². The fourth-order valence-electron chi connectivity index (χ4n) is 12.5. The Bertz CT molecular complexity index is 4800. The van der Waals surface area contributed by atoms with Crippen LogP contribution in [0.1, 0.15) is 61.2 Å². The minimum atomic E-state index is -5.54. The van der Waals surface area contributed by atoms with Crippen LogP contribution in [0.2, 0.25) is 0 Å². The first kappa shape index (κ1) is 62.2. The molecule has 0 atom stereocenters. The van der Waals surface area contributed by atoms with Crippen molar-refractivity contribution >= 4 is 43.6 Å². The quantitative estimate of drug-likeness (QED) is 0.146. The van der Waals surface area contributed by atoms with Crippen LogP contribution in [0.25, 0.3) is 111 Å². The molecule has 12 aromatic rings. The maximum Gasteiger partial charge on any atom is 0.417 e. The zero-order valence-corrected chi connectivity index (χ0v) is 47.9. The Morgan fingerprint density at radius 3 is 0.967 bits per heavy atom. The SMILES string of the molecule is Cc1ccc(-c2ccc3c(c2)c2cc(-c4ccc(C)cc4C)ccc2n3-c2cc(C#N)c(-n3c4ccc(-c5ccc(C(F)(F)F)cc5C(F)(F)F)cc4c4cc(-c5ccc(C(F)(F)F)cc5C(F)(F)F)ccc43)cc2-c2c(C(F)(F)F)cccc2C(F)(F)F)c(C)c1. The highest BCUT2D eigenvalue weighted by Gasteiger charge is 2.44. The number of nitriles is 1. The normalized spacial score (nSPS) is 12.9. The van der Waals surface area contributed by atoms with E-state index in [2.05, 4.69) is 0 Å². The maximum absolute atomic E-state index is 15.8. The Kier molecular flexibility index (Phi) is 14.6. The lowest BCUT2D eigenvalue weighted by Gasteiger charge is -2.24. The van der Waals surface area contributed by atoms with Crippen LogP contribution in [0.15, 0.2) is 176 Å². The molecule has 2 heterocycles. The molecule has 0 spiro atoms. The molecular formula is C71H41F18N3. The number of nitrogens with zero attached hydrogens (tertiary/aromatic N) is 3. The highest BCUT2D eigenvalue weighted by atomic mass is 19.4. The van der Waals surface area contributed by atoms with Gasteiger partial charge in [0.2, 0.25) is 0 Å². The van der Waals surface area contributed by atoms with E-state index >= 15 is 26.3 Å². The molecule has 0 radical (unpaired) electrons. The van der Waals surface area contributed by atoms with Crippen molar-refractivity contribution < 1.29 is 79.0 Å². The van der Waals surface area contributed by atoms with Gasteiger partial charge in [-0.3, -0.25) is 0 Å². The number of hydrogen-bond acceptors (Lipinski definition) is 1. The van der Waals surface area contributed by atoms with Crippen molar-refractivity contribution in [3.8, 4) is 73.1 Å². The van der Waals surface area contributed by atoms with E-state index in [1.165, 1.54) is 4.57 Å². The number of halogens is 18. The van der Waals surface area contributed by atoms with E-state index < -0.39 is 121 Å². The molecule has 0 saturated heterocycles. The summed E-state index contributed by atoms with van der Waals surface area (Å²) >= 11 is 0. The Labute approximate surface area is 510 Å². The van der Waals surface area contributed by atoms with E-state index in [0.717, 1.165) is 86.5 Å². The molecule has 0 saturated carbocycles. The summed E-state index contributed by atoms with van der Waals surface area (Å²) in [6, 6.07) is 34.8. The Hall–Kier alpha value is -9.97. The number of fused-ring (bicyclic) bond motifs is 6. The third-order valence-electron chi connectivity index (χ3n) is 16.5. The third-order valence-corrected chi connectivity index (χ3v) is 16.5. The highest BCUT2D eigenvalue weighted by Crippen LogP contribution is 2.51. The van der Waals surface area contributed by atoms with Gasteiger partial charge < -0.3 is 9.13 Å². The molecule has 0 aliphatic heterocycles. The molecule has 21 heteroatoms.